The van der Waals surface area contributed by atoms with Gasteiger partial charge in [-0.25, -0.2) is 4.79 Å². The zero-order valence-electron chi connectivity index (χ0n) is 11.8. The fourth-order valence-corrected chi connectivity index (χ4v) is 2.59. The van der Waals surface area contributed by atoms with Crippen LogP contribution in [-0.4, -0.2) is 51.3 Å². The summed E-state index contributed by atoms with van der Waals surface area (Å²) in [7, 11) is 0. The molecule has 1 fully saturated rings. The number of hydrogen-bond acceptors (Lipinski definition) is 6. The molecule has 0 saturated carbocycles. The molecule has 0 amide bonds. The van der Waals surface area contributed by atoms with Gasteiger partial charge in [-0.3, -0.25) is 14.3 Å². The van der Waals surface area contributed by atoms with E-state index < -0.39 is 35.8 Å². The maximum Gasteiger partial charge on any atom is 0.330 e. The third-order valence-electron chi connectivity index (χ3n) is 3.34. The van der Waals surface area contributed by atoms with E-state index >= 15 is 0 Å². The third kappa shape index (κ3) is 3.49. The number of rotatable bonds is 5. The van der Waals surface area contributed by atoms with Crippen molar-refractivity contribution in [2.75, 3.05) is 13.2 Å². The van der Waals surface area contributed by atoms with Crippen molar-refractivity contribution >= 4 is 28.7 Å². The molecule has 122 valence electrons. The lowest BCUT2D eigenvalue weighted by atomic mass is 10.1. The lowest BCUT2D eigenvalue weighted by molar-refractivity contribution is -0.0669. The molecule has 0 spiro atoms. The first-order valence-electron chi connectivity index (χ1n) is 6.71. The minimum Gasteiger partial charge on any atom is -0.387 e. The molecule has 9 heteroatoms. The van der Waals surface area contributed by atoms with Gasteiger partial charge in [-0.15, -0.1) is 0 Å². The first-order chi connectivity index (χ1) is 10.5. The predicted octanol–water partition coefficient (Wildman–Crippen LogP) is -0.402. The Kier molecular flexibility index (Phi) is 5.92. The highest BCUT2D eigenvalue weighted by Crippen LogP contribution is 2.28. The second-order valence-corrected chi connectivity index (χ2v) is 5.47. The van der Waals surface area contributed by atoms with Crippen molar-refractivity contribution in [3.05, 3.63) is 36.7 Å². The number of aliphatic hydroxyl groups is 2. The van der Waals surface area contributed by atoms with E-state index in [9.17, 15) is 19.8 Å². The summed E-state index contributed by atoms with van der Waals surface area (Å²) in [5.41, 5.74) is -1.01. The molecule has 3 N–H and O–H groups in total. The highest BCUT2D eigenvalue weighted by Gasteiger charge is 2.44. The van der Waals surface area contributed by atoms with E-state index in [4.69, 9.17) is 9.47 Å². The molecule has 2 rings (SSSR count). The van der Waals surface area contributed by atoms with Gasteiger partial charge in [0.1, 0.15) is 18.3 Å². The molecule has 0 aromatic carbocycles. The summed E-state index contributed by atoms with van der Waals surface area (Å²) >= 11 is 1.94. The SMILES string of the molecule is CCOC[C@H]1O[C@@H](n2cc(/C=C/I)c(=O)[nH]c2=O)[C@@H](O)[C@@H]1O. The van der Waals surface area contributed by atoms with Crippen molar-refractivity contribution in [3.8, 4) is 0 Å². The zero-order chi connectivity index (χ0) is 16.3. The van der Waals surface area contributed by atoms with Crippen molar-refractivity contribution < 1.29 is 19.7 Å². The second kappa shape index (κ2) is 7.51. The molecular weight excluding hydrogens is 407 g/mol. The average Bonchev–Trinajstić information content (AvgIpc) is 2.76. The Bertz CT molecular complexity index is 655. The number of aliphatic hydroxyl groups excluding tert-OH is 2. The highest BCUT2D eigenvalue weighted by atomic mass is 127. The zero-order valence-corrected chi connectivity index (χ0v) is 14.0. The molecule has 2 heterocycles. The van der Waals surface area contributed by atoms with Crippen molar-refractivity contribution in [1.82, 2.24) is 9.55 Å². The van der Waals surface area contributed by atoms with E-state index in [1.54, 1.807) is 11.0 Å². The first-order valence-corrected chi connectivity index (χ1v) is 7.95. The van der Waals surface area contributed by atoms with Gasteiger partial charge in [0.2, 0.25) is 0 Å². The molecule has 8 nitrogen and oxygen atoms in total. The molecule has 1 aliphatic heterocycles. The molecule has 0 bridgehead atoms. The third-order valence-corrected chi connectivity index (χ3v) is 3.70. The van der Waals surface area contributed by atoms with Crippen LogP contribution in [0.25, 0.3) is 6.08 Å². The van der Waals surface area contributed by atoms with Crippen molar-refractivity contribution in [2.24, 2.45) is 0 Å². The van der Waals surface area contributed by atoms with Crippen molar-refractivity contribution in [3.63, 3.8) is 0 Å². The van der Waals surface area contributed by atoms with Crippen LogP contribution in [0.2, 0.25) is 0 Å². The van der Waals surface area contributed by atoms with Crippen LogP contribution in [0.3, 0.4) is 0 Å². The highest BCUT2D eigenvalue weighted by molar-refractivity contribution is 14.1. The lowest BCUT2D eigenvalue weighted by Gasteiger charge is -2.17. The lowest BCUT2D eigenvalue weighted by Crippen LogP contribution is -2.38. The number of nitrogens with zero attached hydrogens (tertiary/aromatic N) is 1. The fraction of sp³-hybridized carbons (Fsp3) is 0.538. The molecule has 0 radical (unpaired) electrons. The van der Waals surface area contributed by atoms with E-state index in [1.165, 1.54) is 12.3 Å². The molecular formula is C13H17IN2O6. The number of halogens is 1. The summed E-state index contributed by atoms with van der Waals surface area (Å²) < 4.78 is 13.4. The summed E-state index contributed by atoms with van der Waals surface area (Å²) in [5, 5.41) is 20.1. The maximum absolute atomic E-state index is 11.9. The van der Waals surface area contributed by atoms with Gasteiger partial charge in [-0.2, -0.15) is 0 Å². The van der Waals surface area contributed by atoms with Crippen LogP contribution in [0.15, 0.2) is 19.9 Å². The van der Waals surface area contributed by atoms with Gasteiger partial charge in [0.05, 0.1) is 12.2 Å². The number of aromatic nitrogens is 2. The molecule has 1 aromatic heterocycles. The molecule has 22 heavy (non-hydrogen) atoms. The Morgan fingerprint density at radius 2 is 2.18 bits per heavy atom. The molecule has 0 unspecified atom stereocenters. The monoisotopic (exact) mass is 424 g/mol. The van der Waals surface area contributed by atoms with Gasteiger partial charge in [0, 0.05) is 12.8 Å². The van der Waals surface area contributed by atoms with E-state index in [1.807, 2.05) is 22.6 Å². The molecule has 0 aliphatic carbocycles. The van der Waals surface area contributed by atoms with E-state index in [0.717, 1.165) is 4.57 Å². The Morgan fingerprint density at radius 1 is 1.45 bits per heavy atom. The minimum atomic E-state index is -1.30. The smallest absolute Gasteiger partial charge is 0.330 e. The Balaban J connectivity index is 2.33. The van der Waals surface area contributed by atoms with Gasteiger partial charge < -0.3 is 19.7 Å². The van der Waals surface area contributed by atoms with Crippen LogP contribution in [0, 0.1) is 0 Å². The van der Waals surface area contributed by atoms with E-state index in [-0.39, 0.29) is 12.2 Å². The van der Waals surface area contributed by atoms with Crippen molar-refractivity contribution in [1.29, 1.82) is 0 Å². The average molecular weight is 424 g/mol. The quantitative estimate of drug-likeness (QED) is 0.555. The van der Waals surface area contributed by atoms with Crippen LogP contribution >= 0.6 is 22.6 Å². The molecule has 4 atom stereocenters. The molecule has 1 aromatic rings. The predicted molar refractivity (Wildman–Crippen MR) is 86.8 cm³/mol. The largest absolute Gasteiger partial charge is 0.387 e. The number of nitrogens with one attached hydrogen (secondary N) is 1. The van der Waals surface area contributed by atoms with Crippen LogP contribution in [-0.2, 0) is 9.47 Å². The second-order valence-electron chi connectivity index (χ2n) is 4.75. The molecule has 1 saturated heterocycles. The number of H-pyrrole nitrogens is 1. The number of ether oxygens (including phenoxy) is 2. The Morgan fingerprint density at radius 3 is 2.82 bits per heavy atom. The van der Waals surface area contributed by atoms with Gasteiger partial charge in [0.15, 0.2) is 6.23 Å². The topological polar surface area (TPSA) is 114 Å². The summed E-state index contributed by atoms with van der Waals surface area (Å²) in [6.45, 7) is 2.34. The summed E-state index contributed by atoms with van der Waals surface area (Å²) in [5.74, 6) is 0. The van der Waals surface area contributed by atoms with E-state index in [0.29, 0.717) is 6.61 Å². The van der Waals surface area contributed by atoms with Crippen LogP contribution in [0.4, 0.5) is 0 Å². The molecule has 1 aliphatic rings. The minimum absolute atomic E-state index is 0.101. The van der Waals surface area contributed by atoms with Gasteiger partial charge in [-0.1, -0.05) is 22.6 Å². The van der Waals surface area contributed by atoms with Gasteiger partial charge in [0.25, 0.3) is 5.56 Å². The standard InChI is InChI=1S/C13H17IN2O6/c1-2-21-6-8-9(17)10(18)12(22-8)16-5-7(3-4-14)11(19)15-13(16)20/h3-5,8-10,12,17-18H,2,6H2,1H3,(H,15,19,20)/b4-3+/t8-,9-,10+,12-/m1/s1. The van der Waals surface area contributed by atoms with Crippen LogP contribution < -0.4 is 11.2 Å². The number of hydrogen-bond donors (Lipinski definition) is 3. The normalized spacial score (nSPS) is 28.5. The summed E-state index contributed by atoms with van der Waals surface area (Å²) in [4.78, 5) is 25.7. The van der Waals surface area contributed by atoms with E-state index in [2.05, 4.69) is 4.98 Å². The maximum atomic E-state index is 11.9. The van der Waals surface area contributed by atoms with Gasteiger partial charge >= 0.3 is 5.69 Å². The summed E-state index contributed by atoms with van der Waals surface area (Å²) in [6.07, 6.45) is -1.51. The number of aromatic amines is 1. The fourth-order valence-electron chi connectivity index (χ4n) is 2.21. The van der Waals surface area contributed by atoms with Crippen LogP contribution in [0.5, 0.6) is 0 Å². The first kappa shape index (κ1) is 17.3. The van der Waals surface area contributed by atoms with Gasteiger partial charge in [-0.05, 0) is 17.1 Å². The van der Waals surface area contributed by atoms with Crippen molar-refractivity contribution in [2.45, 2.75) is 31.5 Å². The van der Waals surface area contributed by atoms with Crippen LogP contribution in [0.1, 0.15) is 18.7 Å². The summed E-state index contributed by atoms with van der Waals surface area (Å²) in [6, 6.07) is 0. The Hall–Kier alpha value is -1.01. The Labute approximate surface area is 139 Å².